The predicted octanol–water partition coefficient (Wildman–Crippen LogP) is 5.69. The molecular formula is C29H33BrN2O3. The Morgan fingerprint density at radius 3 is 2.37 bits per heavy atom. The summed E-state index contributed by atoms with van der Waals surface area (Å²) in [6, 6.07) is 24.5. The molecule has 3 rings (SSSR count). The molecular weight excluding hydrogens is 504 g/mol. The first-order valence-electron chi connectivity index (χ1n) is 12.0. The lowest BCUT2D eigenvalue weighted by Crippen LogP contribution is -2.51. The highest BCUT2D eigenvalue weighted by Gasteiger charge is 2.30. The van der Waals surface area contributed by atoms with Crippen LogP contribution in [-0.4, -0.2) is 35.9 Å². The first-order valence-corrected chi connectivity index (χ1v) is 12.8. The van der Waals surface area contributed by atoms with Crippen molar-refractivity contribution in [1.82, 2.24) is 10.2 Å². The molecule has 0 aromatic heterocycles. The molecule has 2 amide bonds. The lowest BCUT2D eigenvalue weighted by atomic mass is 10.0. The number of hydrogen-bond donors (Lipinski definition) is 1. The summed E-state index contributed by atoms with van der Waals surface area (Å²) < 4.78 is 6.73. The molecule has 3 aromatic carbocycles. The molecule has 0 aliphatic carbocycles. The molecule has 0 saturated carbocycles. The van der Waals surface area contributed by atoms with E-state index >= 15 is 0 Å². The molecule has 35 heavy (non-hydrogen) atoms. The number of ether oxygens (including phenoxy) is 1. The quantitative estimate of drug-likeness (QED) is 0.302. The second-order valence-electron chi connectivity index (χ2n) is 8.60. The summed E-state index contributed by atoms with van der Waals surface area (Å²) in [5, 5.41) is 3.04. The summed E-state index contributed by atoms with van der Waals surface area (Å²) in [6.45, 7) is 4.86. The van der Waals surface area contributed by atoms with Crippen molar-refractivity contribution in [2.45, 2.75) is 45.7 Å². The molecule has 0 bridgehead atoms. The third-order valence-corrected chi connectivity index (χ3v) is 6.24. The number of nitrogens with one attached hydrogen (secondary N) is 1. The van der Waals surface area contributed by atoms with Crippen molar-refractivity contribution in [3.8, 4) is 5.75 Å². The van der Waals surface area contributed by atoms with Gasteiger partial charge in [-0.2, -0.15) is 0 Å². The van der Waals surface area contributed by atoms with Crippen molar-refractivity contribution in [3.63, 3.8) is 0 Å². The van der Waals surface area contributed by atoms with Crippen LogP contribution >= 0.6 is 15.9 Å². The van der Waals surface area contributed by atoms with Gasteiger partial charge in [-0.25, -0.2) is 0 Å². The van der Waals surface area contributed by atoms with Gasteiger partial charge in [-0.15, -0.1) is 0 Å². The minimum Gasteiger partial charge on any atom is -0.484 e. The van der Waals surface area contributed by atoms with Crippen LogP contribution < -0.4 is 10.1 Å². The second-order valence-corrected chi connectivity index (χ2v) is 9.52. The van der Waals surface area contributed by atoms with E-state index in [1.165, 1.54) is 0 Å². The fourth-order valence-electron chi connectivity index (χ4n) is 3.83. The van der Waals surface area contributed by atoms with Gasteiger partial charge in [-0.3, -0.25) is 9.59 Å². The number of aryl methyl sites for hydroxylation is 1. The van der Waals surface area contributed by atoms with Gasteiger partial charge in [0.2, 0.25) is 5.91 Å². The van der Waals surface area contributed by atoms with E-state index in [1.54, 1.807) is 17.0 Å². The molecule has 1 N–H and O–H groups in total. The molecule has 0 radical (unpaired) electrons. The van der Waals surface area contributed by atoms with Gasteiger partial charge in [0, 0.05) is 24.0 Å². The van der Waals surface area contributed by atoms with Crippen LogP contribution in [0.15, 0.2) is 83.3 Å². The van der Waals surface area contributed by atoms with Gasteiger partial charge in [0.15, 0.2) is 6.61 Å². The molecule has 0 aliphatic rings. The molecule has 0 heterocycles. The van der Waals surface area contributed by atoms with Gasteiger partial charge in [-0.05, 0) is 48.7 Å². The standard InChI is InChI=1S/C29H33BrN2O3/c1-3-4-17-31-29(34)27(19-23-10-6-5-7-11-23)32(20-24-12-8-9-22(2)18-24)28(33)21-35-26-15-13-25(30)14-16-26/h5-16,18,27H,3-4,17,19-21H2,1-2H3,(H,31,34)/t27-/m1/s1. The van der Waals surface area contributed by atoms with Crippen LogP contribution in [-0.2, 0) is 22.6 Å². The highest BCUT2D eigenvalue weighted by Crippen LogP contribution is 2.18. The van der Waals surface area contributed by atoms with Gasteiger partial charge in [0.1, 0.15) is 11.8 Å². The zero-order valence-corrected chi connectivity index (χ0v) is 22.0. The zero-order valence-electron chi connectivity index (χ0n) is 20.4. The first-order chi connectivity index (χ1) is 17.0. The van der Waals surface area contributed by atoms with Crippen molar-refractivity contribution in [2.24, 2.45) is 0 Å². The minimum atomic E-state index is -0.657. The summed E-state index contributed by atoms with van der Waals surface area (Å²) >= 11 is 3.41. The number of carbonyl (C=O) groups is 2. The number of carbonyl (C=O) groups excluding carboxylic acids is 2. The Balaban J connectivity index is 1.87. The van der Waals surface area contributed by atoms with Crippen molar-refractivity contribution >= 4 is 27.7 Å². The number of amides is 2. The Kier molecular flexibility index (Phi) is 10.4. The van der Waals surface area contributed by atoms with Gasteiger partial charge in [0.05, 0.1) is 0 Å². The number of rotatable bonds is 12. The Morgan fingerprint density at radius 1 is 0.971 bits per heavy atom. The zero-order chi connectivity index (χ0) is 25.0. The maximum absolute atomic E-state index is 13.6. The van der Waals surface area contributed by atoms with Crippen molar-refractivity contribution in [1.29, 1.82) is 0 Å². The van der Waals surface area contributed by atoms with Crippen LogP contribution in [0.1, 0.15) is 36.5 Å². The van der Waals surface area contributed by atoms with Gasteiger partial charge in [0.25, 0.3) is 5.91 Å². The predicted molar refractivity (Wildman–Crippen MR) is 143 cm³/mol. The fraction of sp³-hybridized carbons (Fsp3) is 0.310. The van der Waals surface area contributed by atoms with E-state index in [0.29, 0.717) is 25.3 Å². The Hall–Kier alpha value is -3.12. The number of hydrogen-bond acceptors (Lipinski definition) is 3. The van der Waals surface area contributed by atoms with Crippen molar-refractivity contribution in [2.75, 3.05) is 13.2 Å². The van der Waals surface area contributed by atoms with Crippen molar-refractivity contribution < 1.29 is 14.3 Å². The molecule has 0 aliphatic heterocycles. The van der Waals surface area contributed by atoms with Gasteiger partial charge in [-0.1, -0.05) is 89.4 Å². The average molecular weight is 537 g/mol. The summed E-state index contributed by atoms with van der Waals surface area (Å²) in [7, 11) is 0. The van der Waals surface area contributed by atoms with E-state index in [-0.39, 0.29) is 18.4 Å². The molecule has 0 fully saturated rings. The van der Waals surface area contributed by atoms with Crippen LogP contribution in [0.4, 0.5) is 0 Å². The van der Waals surface area contributed by atoms with Crippen molar-refractivity contribution in [3.05, 3.63) is 100 Å². The van der Waals surface area contributed by atoms with E-state index in [9.17, 15) is 9.59 Å². The number of unbranched alkanes of at least 4 members (excludes halogenated alkanes) is 1. The lowest BCUT2D eigenvalue weighted by Gasteiger charge is -2.31. The van der Waals surface area contributed by atoms with Crippen LogP contribution in [0, 0.1) is 6.92 Å². The number of nitrogens with zero attached hydrogens (tertiary/aromatic N) is 1. The van der Waals surface area contributed by atoms with E-state index in [1.807, 2.05) is 73.7 Å². The smallest absolute Gasteiger partial charge is 0.261 e. The first kappa shape index (κ1) is 26.5. The van der Waals surface area contributed by atoms with E-state index in [0.717, 1.165) is 34.0 Å². The summed E-state index contributed by atoms with van der Waals surface area (Å²) in [4.78, 5) is 28.6. The number of benzene rings is 3. The fourth-order valence-corrected chi connectivity index (χ4v) is 4.09. The van der Waals surface area contributed by atoms with E-state index in [4.69, 9.17) is 4.74 Å². The maximum Gasteiger partial charge on any atom is 0.261 e. The molecule has 0 spiro atoms. The summed E-state index contributed by atoms with van der Waals surface area (Å²) in [5.41, 5.74) is 3.08. The monoisotopic (exact) mass is 536 g/mol. The largest absolute Gasteiger partial charge is 0.484 e. The lowest BCUT2D eigenvalue weighted by molar-refractivity contribution is -0.142. The molecule has 5 nitrogen and oxygen atoms in total. The number of halogens is 1. The molecule has 184 valence electrons. The topological polar surface area (TPSA) is 58.6 Å². The van der Waals surface area contributed by atoms with Crippen LogP contribution in [0.5, 0.6) is 5.75 Å². The highest BCUT2D eigenvalue weighted by molar-refractivity contribution is 9.10. The third kappa shape index (κ3) is 8.55. The normalized spacial score (nSPS) is 11.5. The van der Waals surface area contributed by atoms with Crippen LogP contribution in [0.3, 0.4) is 0 Å². The Morgan fingerprint density at radius 2 is 1.69 bits per heavy atom. The maximum atomic E-state index is 13.6. The summed E-state index contributed by atoms with van der Waals surface area (Å²) in [6.07, 6.45) is 2.30. The molecule has 1 atom stereocenters. The van der Waals surface area contributed by atoms with Gasteiger partial charge >= 0.3 is 0 Å². The van der Waals surface area contributed by atoms with E-state index < -0.39 is 6.04 Å². The van der Waals surface area contributed by atoms with E-state index in [2.05, 4.69) is 28.2 Å². The highest BCUT2D eigenvalue weighted by atomic mass is 79.9. The average Bonchev–Trinajstić information content (AvgIpc) is 2.86. The second kappa shape index (κ2) is 13.7. The Labute approximate surface area is 216 Å². The van der Waals surface area contributed by atoms with Gasteiger partial charge < -0.3 is 15.0 Å². The molecule has 3 aromatic rings. The van der Waals surface area contributed by atoms with Crippen LogP contribution in [0.25, 0.3) is 0 Å². The summed E-state index contributed by atoms with van der Waals surface area (Å²) in [5.74, 6) is 0.219. The molecule has 0 unspecified atom stereocenters. The Bertz CT molecular complexity index is 1090. The molecule has 0 saturated heterocycles. The SMILES string of the molecule is CCCCNC(=O)[C@@H](Cc1ccccc1)N(Cc1cccc(C)c1)C(=O)COc1ccc(Br)cc1. The third-order valence-electron chi connectivity index (χ3n) is 5.71. The van der Waals surface area contributed by atoms with Crippen LogP contribution in [0.2, 0.25) is 0 Å². The molecule has 6 heteroatoms. The minimum absolute atomic E-state index is 0.146.